The normalized spacial score (nSPS) is 12.2. The first kappa shape index (κ1) is 15.0. The number of non-ortho nitro benzene ring substituents is 1. The van der Waals surface area contributed by atoms with E-state index in [9.17, 15) is 14.9 Å². The number of nitro groups is 1. The zero-order valence-corrected chi connectivity index (χ0v) is 13.2. The van der Waals surface area contributed by atoms with Gasteiger partial charge >= 0.3 is 113 Å². The first-order valence-electron chi connectivity index (χ1n) is 5.54. The van der Waals surface area contributed by atoms with Crippen LogP contribution in [0.15, 0.2) is 24.3 Å². The van der Waals surface area contributed by atoms with Gasteiger partial charge in [0.2, 0.25) is 0 Å². The van der Waals surface area contributed by atoms with E-state index in [4.69, 9.17) is 4.74 Å². The molecule has 0 spiro atoms. The van der Waals surface area contributed by atoms with Gasteiger partial charge in [0.15, 0.2) is 0 Å². The molecule has 0 heterocycles. The van der Waals surface area contributed by atoms with Crippen molar-refractivity contribution in [3.63, 3.8) is 0 Å². The Hall–Kier alpha value is -1.09. The van der Waals surface area contributed by atoms with Gasteiger partial charge < -0.3 is 0 Å². The van der Waals surface area contributed by atoms with Crippen LogP contribution in [0.5, 0.6) is 0 Å². The second-order valence-electron chi connectivity index (χ2n) is 3.97. The minimum absolute atomic E-state index is 0.0390. The van der Waals surface area contributed by atoms with Crippen LogP contribution < -0.4 is 0 Å². The van der Waals surface area contributed by atoms with Gasteiger partial charge in [-0.1, -0.05) is 0 Å². The third-order valence-electron chi connectivity index (χ3n) is 2.45. The topological polar surface area (TPSA) is 69.4 Å². The van der Waals surface area contributed by atoms with Crippen molar-refractivity contribution < 1.29 is 14.5 Å². The molecule has 0 aliphatic carbocycles. The quantitative estimate of drug-likeness (QED) is 0.350. The van der Waals surface area contributed by atoms with Crippen molar-refractivity contribution in [1.82, 2.24) is 0 Å². The standard InChI is InChI=1S/C10H10NO4.2CH3.Sb/c1-2-15-10(12)7-8-3-5-9(6-4-8)11(13)14;;;/h3-7H,2H2,1H3;2*1H3;. The van der Waals surface area contributed by atoms with Crippen LogP contribution in [-0.2, 0) is 9.53 Å². The van der Waals surface area contributed by atoms with E-state index >= 15 is 0 Å². The summed E-state index contributed by atoms with van der Waals surface area (Å²) in [4.78, 5) is 26.2. The van der Waals surface area contributed by atoms with Gasteiger partial charge in [-0.15, -0.1) is 0 Å². The third kappa shape index (κ3) is 3.70. The fraction of sp³-hybridized carbons (Fsp3) is 0.417. The molecule has 0 N–H and O–H groups in total. The molecule has 0 aliphatic heterocycles. The molecule has 6 heteroatoms. The summed E-state index contributed by atoms with van der Waals surface area (Å²) in [6, 6.07) is 6.19. The fourth-order valence-corrected chi connectivity index (χ4v) is 5.25. The minimum atomic E-state index is -1.72. The number of rotatable bonds is 5. The van der Waals surface area contributed by atoms with E-state index in [1.807, 2.05) is 0 Å². The molecular weight excluding hydrogens is 344 g/mol. The molecule has 1 atom stereocenters. The van der Waals surface area contributed by atoms with E-state index in [1.54, 1.807) is 19.1 Å². The Balaban J connectivity index is 2.99. The van der Waals surface area contributed by atoms with E-state index < -0.39 is 25.1 Å². The van der Waals surface area contributed by atoms with Crippen molar-refractivity contribution in [3.8, 4) is 0 Å². The number of benzene rings is 1. The van der Waals surface area contributed by atoms with Crippen molar-refractivity contribution in [2.45, 2.75) is 20.5 Å². The molecule has 18 heavy (non-hydrogen) atoms. The number of hydrogen-bond donors (Lipinski definition) is 0. The van der Waals surface area contributed by atoms with Crippen LogP contribution in [-0.4, -0.2) is 37.7 Å². The van der Waals surface area contributed by atoms with E-state index in [0.717, 1.165) is 5.56 Å². The van der Waals surface area contributed by atoms with Gasteiger partial charge in [0, 0.05) is 0 Å². The van der Waals surface area contributed by atoms with E-state index in [0.29, 0.717) is 6.61 Å². The van der Waals surface area contributed by atoms with Gasteiger partial charge in [-0.05, 0) is 0 Å². The molecule has 5 nitrogen and oxygen atoms in total. The molecule has 0 radical (unpaired) electrons. The number of hydrogen-bond acceptors (Lipinski definition) is 4. The molecule has 1 aromatic carbocycles. The predicted octanol–water partition coefficient (Wildman–Crippen LogP) is 2.54. The number of nitrogens with zero attached hydrogens (tertiary/aromatic N) is 1. The molecule has 98 valence electrons. The Morgan fingerprint density at radius 2 is 1.94 bits per heavy atom. The zero-order chi connectivity index (χ0) is 13.7. The van der Waals surface area contributed by atoms with Gasteiger partial charge in [-0.2, -0.15) is 0 Å². The van der Waals surface area contributed by atoms with Crippen LogP contribution in [0.3, 0.4) is 0 Å². The summed E-state index contributed by atoms with van der Waals surface area (Å²) in [6.07, 6.45) is 0. The molecule has 1 aromatic rings. The molecule has 0 saturated heterocycles. The summed E-state index contributed by atoms with van der Waals surface area (Å²) in [5, 5.41) is 10.6. The van der Waals surface area contributed by atoms with Crippen molar-refractivity contribution in [3.05, 3.63) is 39.9 Å². The summed E-state index contributed by atoms with van der Waals surface area (Å²) < 4.78 is 4.87. The first-order chi connectivity index (χ1) is 8.47. The summed E-state index contributed by atoms with van der Waals surface area (Å²) in [5.41, 5.74) is 0.865. The zero-order valence-electron chi connectivity index (χ0n) is 10.6. The molecule has 1 rings (SSSR count). The van der Waals surface area contributed by atoms with Gasteiger partial charge in [0.1, 0.15) is 0 Å². The van der Waals surface area contributed by atoms with Gasteiger partial charge in [-0.3, -0.25) is 0 Å². The van der Waals surface area contributed by atoms with Gasteiger partial charge in [0.05, 0.1) is 0 Å². The number of nitro benzene ring substituents is 1. The van der Waals surface area contributed by atoms with Crippen molar-refractivity contribution in [2.24, 2.45) is 0 Å². The van der Waals surface area contributed by atoms with E-state index in [2.05, 4.69) is 9.74 Å². The second-order valence-corrected chi connectivity index (χ2v) is 10.9. The Bertz CT molecular complexity index is 430. The van der Waals surface area contributed by atoms with Gasteiger partial charge in [0.25, 0.3) is 0 Å². The molecule has 0 aliphatic rings. The maximum atomic E-state index is 11.9. The SMILES string of the molecule is CCOC(=O)[CH](c1ccc([N+](=O)[O-])cc1)[Sb]([CH3])[CH3]. The van der Waals surface area contributed by atoms with Crippen LogP contribution in [0.25, 0.3) is 0 Å². The van der Waals surface area contributed by atoms with E-state index in [-0.39, 0.29) is 15.5 Å². The van der Waals surface area contributed by atoms with Crippen molar-refractivity contribution in [2.75, 3.05) is 6.61 Å². The molecule has 0 amide bonds. The molecule has 0 aromatic heterocycles. The maximum absolute atomic E-state index is 11.9. The average molecular weight is 360 g/mol. The summed E-state index contributed by atoms with van der Waals surface area (Å²) >= 11 is -1.72. The van der Waals surface area contributed by atoms with Crippen molar-refractivity contribution in [1.29, 1.82) is 0 Å². The Labute approximate surface area is 113 Å². The number of esters is 1. The summed E-state index contributed by atoms with van der Waals surface area (Å²) in [6.45, 7) is 2.13. The Morgan fingerprint density at radius 1 is 1.39 bits per heavy atom. The third-order valence-corrected chi connectivity index (χ3v) is 6.85. The summed E-state index contributed by atoms with van der Waals surface area (Å²) in [5.74, 6) is -0.209. The number of carbonyl (C=O) groups excluding carboxylic acids is 1. The fourth-order valence-electron chi connectivity index (χ4n) is 1.64. The predicted molar refractivity (Wildman–Crippen MR) is 70.0 cm³/mol. The average Bonchev–Trinajstić information content (AvgIpc) is 2.29. The molecule has 1 unspecified atom stereocenters. The molecule has 0 saturated carbocycles. The van der Waals surface area contributed by atoms with E-state index in [1.165, 1.54) is 12.1 Å². The molecule has 0 bridgehead atoms. The Morgan fingerprint density at radius 3 is 2.33 bits per heavy atom. The van der Waals surface area contributed by atoms with Crippen LogP contribution in [0, 0.1) is 10.1 Å². The molecular formula is C12H16NO4Sb. The number of carbonyl (C=O) groups is 1. The van der Waals surface area contributed by atoms with Crippen LogP contribution in [0.4, 0.5) is 5.69 Å². The van der Waals surface area contributed by atoms with Crippen LogP contribution in [0.1, 0.15) is 16.4 Å². The molecule has 0 fully saturated rings. The van der Waals surface area contributed by atoms with Crippen LogP contribution in [0.2, 0.25) is 9.74 Å². The number of ether oxygens (including phenoxy) is 1. The Kier molecular flexibility index (Phi) is 5.60. The van der Waals surface area contributed by atoms with Crippen LogP contribution >= 0.6 is 0 Å². The first-order valence-corrected chi connectivity index (χ1v) is 12.1. The monoisotopic (exact) mass is 359 g/mol. The van der Waals surface area contributed by atoms with Crippen molar-refractivity contribution >= 4 is 31.9 Å². The summed E-state index contributed by atoms with van der Waals surface area (Å²) in [7, 11) is 0. The second kappa shape index (κ2) is 6.74. The van der Waals surface area contributed by atoms with Gasteiger partial charge in [-0.25, -0.2) is 0 Å².